The van der Waals surface area contributed by atoms with Crippen LogP contribution in [-0.2, 0) is 0 Å². The highest BCUT2D eigenvalue weighted by Crippen LogP contribution is 2.42. The van der Waals surface area contributed by atoms with Crippen molar-refractivity contribution in [1.29, 1.82) is 0 Å². The molecule has 4 heterocycles. The number of aromatic nitrogens is 7. The van der Waals surface area contributed by atoms with Crippen molar-refractivity contribution in [3.63, 3.8) is 0 Å². The van der Waals surface area contributed by atoms with Gasteiger partial charge in [0, 0.05) is 11.6 Å². The summed E-state index contributed by atoms with van der Waals surface area (Å²) in [6, 6.07) is 29.7. The van der Waals surface area contributed by atoms with E-state index in [1.165, 1.54) is 6.33 Å². The SMILES string of the molecule is COc1ccc(-c2c(Nc3cc4ncnn4cn3)nc3c(-c4ccccc4)c(-c4ccccc4)nn3c2OC)cc1. The zero-order valence-corrected chi connectivity index (χ0v) is 22.3. The average Bonchev–Trinajstić information content (AvgIpc) is 3.66. The first-order valence-corrected chi connectivity index (χ1v) is 12.9. The summed E-state index contributed by atoms with van der Waals surface area (Å²) in [4.78, 5) is 14.0. The minimum absolute atomic E-state index is 0.519. The molecule has 0 spiro atoms. The van der Waals surface area contributed by atoms with Crippen LogP contribution in [0.1, 0.15) is 0 Å². The number of anilines is 2. The Morgan fingerprint density at radius 1 is 0.732 bits per heavy atom. The number of ether oxygens (including phenoxy) is 2. The molecule has 1 N–H and O–H groups in total. The van der Waals surface area contributed by atoms with Gasteiger partial charge in [-0.3, -0.25) is 0 Å². The van der Waals surface area contributed by atoms with Crippen molar-refractivity contribution >= 4 is 22.9 Å². The molecule has 0 saturated carbocycles. The molecule has 10 nitrogen and oxygen atoms in total. The maximum atomic E-state index is 6.09. The second-order valence-electron chi connectivity index (χ2n) is 9.23. The first-order chi connectivity index (χ1) is 20.2. The minimum Gasteiger partial charge on any atom is -0.497 e. The Balaban J connectivity index is 1.53. The van der Waals surface area contributed by atoms with Crippen molar-refractivity contribution in [2.24, 2.45) is 0 Å². The molecule has 7 rings (SSSR count). The fraction of sp³-hybridized carbons (Fsp3) is 0.0645. The fourth-order valence-electron chi connectivity index (χ4n) is 4.91. The molecular weight excluding hydrogens is 516 g/mol. The van der Waals surface area contributed by atoms with E-state index in [1.807, 2.05) is 78.9 Å². The van der Waals surface area contributed by atoms with Gasteiger partial charge in [-0.15, -0.1) is 0 Å². The van der Waals surface area contributed by atoms with Crippen molar-refractivity contribution in [2.75, 3.05) is 19.5 Å². The van der Waals surface area contributed by atoms with Crippen molar-refractivity contribution in [1.82, 2.24) is 34.2 Å². The van der Waals surface area contributed by atoms with Crippen LogP contribution in [0.25, 0.3) is 44.8 Å². The van der Waals surface area contributed by atoms with Crippen LogP contribution in [0.5, 0.6) is 11.6 Å². The van der Waals surface area contributed by atoms with E-state index in [0.29, 0.717) is 34.4 Å². The van der Waals surface area contributed by atoms with Crippen molar-refractivity contribution in [3.8, 4) is 45.1 Å². The standard InChI is InChI=1S/C31H24N8O2/c1-40-23-15-13-21(14-16-23)27-29(35-24-17-25-32-18-34-38(25)19-33-24)36-30-26(20-9-5-3-6-10-20)28(22-11-7-4-8-12-22)37-39(30)31(27)41-2/h3-19H,1-2H3,(H,35,36). The summed E-state index contributed by atoms with van der Waals surface area (Å²) in [6.45, 7) is 0. The van der Waals surface area contributed by atoms with Gasteiger partial charge in [-0.25, -0.2) is 19.5 Å². The number of benzene rings is 3. The zero-order chi connectivity index (χ0) is 27.8. The average molecular weight is 541 g/mol. The van der Waals surface area contributed by atoms with E-state index in [4.69, 9.17) is 19.6 Å². The number of hydrogen-bond donors (Lipinski definition) is 1. The van der Waals surface area contributed by atoms with E-state index >= 15 is 0 Å². The van der Waals surface area contributed by atoms with Crippen LogP contribution >= 0.6 is 0 Å². The van der Waals surface area contributed by atoms with Crippen LogP contribution in [0.2, 0.25) is 0 Å². The predicted molar refractivity (Wildman–Crippen MR) is 156 cm³/mol. The number of rotatable bonds is 7. The van der Waals surface area contributed by atoms with Crippen LogP contribution in [0.3, 0.4) is 0 Å². The third-order valence-electron chi connectivity index (χ3n) is 6.82. The molecule has 7 aromatic rings. The quantitative estimate of drug-likeness (QED) is 0.265. The molecule has 0 aliphatic carbocycles. The Morgan fingerprint density at radius 3 is 2.15 bits per heavy atom. The first kappa shape index (κ1) is 24.3. The molecule has 0 aliphatic heterocycles. The lowest BCUT2D eigenvalue weighted by Crippen LogP contribution is -2.07. The van der Waals surface area contributed by atoms with Gasteiger partial charge in [-0.05, 0) is 23.3 Å². The monoisotopic (exact) mass is 540 g/mol. The summed E-state index contributed by atoms with van der Waals surface area (Å²) < 4.78 is 14.9. The summed E-state index contributed by atoms with van der Waals surface area (Å²) in [7, 11) is 3.28. The lowest BCUT2D eigenvalue weighted by atomic mass is 10.0. The van der Waals surface area contributed by atoms with Gasteiger partial charge in [-0.1, -0.05) is 72.8 Å². The Morgan fingerprint density at radius 2 is 1.44 bits per heavy atom. The molecule has 4 aromatic heterocycles. The van der Waals surface area contributed by atoms with E-state index < -0.39 is 0 Å². The minimum atomic E-state index is 0.519. The van der Waals surface area contributed by atoms with Crippen molar-refractivity contribution in [3.05, 3.63) is 104 Å². The van der Waals surface area contributed by atoms with Gasteiger partial charge >= 0.3 is 0 Å². The van der Waals surface area contributed by atoms with Crippen LogP contribution in [0.4, 0.5) is 11.6 Å². The van der Waals surface area contributed by atoms with Gasteiger partial charge in [0.2, 0.25) is 5.88 Å². The molecule has 0 saturated heterocycles. The Bertz CT molecular complexity index is 1980. The van der Waals surface area contributed by atoms with Gasteiger partial charge in [0.1, 0.15) is 35.7 Å². The van der Waals surface area contributed by atoms with E-state index in [0.717, 1.165) is 33.7 Å². The molecule has 0 unspecified atom stereocenters. The molecule has 0 atom stereocenters. The van der Waals surface area contributed by atoms with E-state index in [1.54, 1.807) is 29.6 Å². The third kappa shape index (κ3) is 4.27. The van der Waals surface area contributed by atoms with Gasteiger partial charge in [-0.2, -0.15) is 14.7 Å². The molecule has 0 amide bonds. The Kier molecular flexibility index (Phi) is 5.97. The molecule has 41 heavy (non-hydrogen) atoms. The highest BCUT2D eigenvalue weighted by Gasteiger charge is 2.25. The highest BCUT2D eigenvalue weighted by atomic mass is 16.5. The number of nitrogens with zero attached hydrogens (tertiary/aromatic N) is 7. The van der Waals surface area contributed by atoms with Gasteiger partial charge in [0.05, 0.1) is 25.3 Å². The molecule has 0 bridgehead atoms. The topological polar surface area (TPSA) is 104 Å². The number of methoxy groups -OCH3 is 2. The summed E-state index contributed by atoms with van der Waals surface area (Å²) in [6.07, 6.45) is 3.09. The van der Waals surface area contributed by atoms with Crippen LogP contribution < -0.4 is 14.8 Å². The number of hydrogen-bond acceptors (Lipinski definition) is 8. The first-order valence-electron chi connectivity index (χ1n) is 12.9. The lowest BCUT2D eigenvalue weighted by Gasteiger charge is -2.16. The fourth-order valence-corrected chi connectivity index (χ4v) is 4.91. The lowest BCUT2D eigenvalue weighted by molar-refractivity contribution is 0.387. The highest BCUT2D eigenvalue weighted by molar-refractivity contribution is 5.94. The number of nitrogens with one attached hydrogen (secondary N) is 1. The molecule has 3 aromatic carbocycles. The van der Waals surface area contributed by atoms with Gasteiger partial charge < -0.3 is 14.8 Å². The van der Waals surface area contributed by atoms with E-state index in [-0.39, 0.29) is 0 Å². The number of fused-ring (bicyclic) bond motifs is 2. The molecule has 0 radical (unpaired) electrons. The van der Waals surface area contributed by atoms with Crippen LogP contribution in [0, 0.1) is 0 Å². The van der Waals surface area contributed by atoms with E-state index in [9.17, 15) is 0 Å². The largest absolute Gasteiger partial charge is 0.497 e. The van der Waals surface area contributed by atoms with Gasteiger partial charge in [0.25, 0.3) is 0 Å². The second kappa shape index (κ2) is 10.1. The normalized spacial score (nSPS) is 11.2. The Hall–Kier alpha value is -5.77. The Labute approximate surface area is 234 Å². The summed E-state index contributed by atoms with van der Waals surface area (Å²) >= 11 is 0. The molecule has 0 aliphatic rings. The molecule has 200 valence electrons. The van der Waals surface area contributed by atoms with Crippen molar-refractivity contribution in [2.45, 2.75) is 0 Å². The third-order valence-corrected chi connectivity index (χ3v) is 6.82. The summed E-state index contributed by atoms with van der Waals surface area (Å²) in [5.74, 6) is 2.37. The predicted octanol–water partition coefficient (Wildman–Crippen LogP) is 5.93. The van der Waals surface area contributed by atoms with Gasteiger partial charge in [0.15, 0.2) is 11.3 Å². The maximum Gasteiger partial charge on any atom is 0.228 e. The van der Waals surface area contributed by atoms with E-state index in [2.05, 4.69) is 32.5 Å². The summed E-state index contributed by atoms with van der Waals surface area (Å²) in [5, 5.41) is 12.6. The molecule has 10 heteroatoms. The van der Waals surface area contributed by atoms with Crippen LogP contribution in [-0.4, -0.2) is 48.4 Å². The molecule has 0 fully saturated rings. The van der Waals surface area contributed by atoms with Crippen LogP contribution in [0.15, 0.2) is 104 Å². The zero-order valence-electron chi connectivity index (χ0n) is 22.3. The smallest absolute Gasteiger partial charge is 0.228 e. The maximum absolute atomic E-state index is 6.09. The second-order valence-corrected chi connectivity index (χ2v) is 9.23. The summed E-state index contributed by atoms with van der Waals surface area (Å²) in [5.41, 5.74) is 6.51. The molecular formula is C31H24N8O2. The van der Waals surface area contributed by atoms with Crippen molar-refractivity contribution < 1.29 is 9.47 Å².